The monoisotopic (exact) mass is 267 g/mol. The molecule has 0 atom stereocenters. The molecular formula is C11H10BrNO2. The van der Waals surface area contributed by atoms with Crippen molar-refractivity contribution >= 4 is 15.9 Å². The van der Waals surface area contributed by atoms with Crippen molar-refractivity contribution in [3.63, 3.8) is 0 Å². The van der Waals surface area contributed by atoms with Crippen LogP contribution in [0, 0.1) is 0 Å². The highest BCUT2D eigenvalue weighted by atomic mass is 79.9. The SMILES string of the molecule is CCc1oc(Br)nc1-c1ccc(O)cc1. The molecule has 0 aliphatic heterocycles. The molecule has 0 amide bonds. The highest BCUT2D eigenvalue weighted by Crippen LogP contribution is 2.27. The molecule has 2 aromatic rings. The smallest absolute Gasteiger partial charge is 0.264 e. The number of oxazole rings is 1. The van der Waals surface area contributed by atoms with E-state index in [1.807, 2.05) is 19.1 Å². The Kier molecular flexibility index (Phi) is 2.77. The van der Waals surface area contributed by atoms with Gasteiger partial charge in [-0.05, 0) is 24.3 Å². The zero-order valence-electron chi connectivity index (χ0n) is 8.20. The van der Waals surface area contributed by atoms with E-state index < -0.39 is 0 Å². The largest absolute Gasteiger partial charge is 0.508 e. The summed E-state index contributed by atoms with van der Waals surface area (Å²) in [7, 11) is 0. The van der Waals surface area contributed by atoms with E-state index in [9.17, 15) is 5.11 Å². The first kappa shape index (κ1) is 10.2. The van der Waals surface area contributed by atoms with Crippen LogP contribution in [0.25, 0.3) is 11.3 Å². The van der Waals surface area contributed by atoms with Gasteiger partial charge in [0, 0.05) is 27.9 Å². The van der Waals surface area contributed by atoms with Crippen molar-refractivity contribution in [3.8, 4) is 17.0 Å². The van der Waals surface area contributed by atoms with Gasteiger partial charge in [-0.25, -0.2) is 4.98 Å². The molecule has 0 unspecified atom stereocenters. The molecule has 0 spiro atoms. The van der Waals surface area contributed by atoms with Gasteiger partial charge in [0.05, 0.1) is 0 Å². The summed E-state index contributed by atoms with van der Waals surface area (Å²) in [5.41, 5.74) is 1.77. The first-order chi connectivity index (χ1) is 7.20. The van der Waals surface area contributed by atoms with Gasteiger partial charge in [-0.2, -0.15) is 0 Å². The molecule has 0 fully saturated rings. The van der Waals surface area contributed by atoms with Gasteiger partial charge < -0.3 is 9.52 Å². The van der Waals surface area contributed by atoms with E-state index in [0.717, 1.165) is 23.4 Å². The van der Waals surface area contributed by atoms with Gasteiger partial charge in [-0.3, -0.25) is 0 Å². The maximum absolute atomic E-state index is 9.18. The van der Waals surface area contributed by atoms with Crippen molar-refractivity contribution in [1.29, 1.82) is 0 Å². The van der Waals surface area contributed by atoms with Crippen LogP contribution in [0.15, 0.2) is 33.5 Å². The van der Waals surface area contributed by atoms with E-state index in [4.69, 9.17) is 4.42 Å². The molecule has 0 saturated heterocycles. The van der Waals surface area contributed by atoms with Crippen LogP contribution in [0.5, 0.6) is 5.75 Å². The molecule has 2 rings (SSSR count). The highest BCUT2D eigenvalue weighted by molar-refractivity contribution is 9.10. The summed E-state index contributed by atoms with van der Waals surface area (Å²) in [5.74, 6) is 1.09. The number of hydrogen-bond donors (Lipinski definition) is 1. The average Bonchev–Trinajstić information content (AvgIpc) is 2.61. The van der Waals surface area contributed by atoms with Gasteiger partial charge in [0.2, 0.25) is 0 Å². The minimum absolute atomic E-state index is 0.249. The maximum atomic E-state index is 9.18. The van der Waals surface area contributed by atoms with Gasteiger partial charge in [0.25, 0.3) is 4.80 Å². The van der Waals surface area contributed by atoms with E-state index in [1.165, 1.54) is 0 Å². The van der Waals surface area contributed by atoms with Gasteiger partial charge in [-0.1, -0.05) is 6.92 Å². The third kappa shape index (κ3) is 2.04. The summed E-state index contributed by atoms with van der Waals surface area (Å²) in [4.78, 5) is 4.74. The zero-order valence-corrected chi connectivity index (χ0v) is 9.78. The predicted octanol–water partition coefficient (Wildman–Crippen LogP) is 3.37. The Morgan fingerprint density at radius 1 is 1.33 bits per heavy atom. The third-order valence-electron chi connectivity index (χ3n) is 2.13. The van der Waals surface area contributed by atoms with Crippen molar-refractivity contribution < 1.29 is 9.52 Å². The van der Waals surface area contributed by atoms with Crippen LogP contribution in [-0.2, 0) is 6.42 Å². The molecule has 78 valence electrons. The molecule has 0 aliphatic carbocycles. The summed E-state index contributed by atoms with van der Waals surface area (Å²) in [6.07, 6.45) is 0.787. The molecule has 4 heteroatoms. The lowest BCUT2D eigenvalue weighted by atomic mass is 10.1. The molecule has 1 heterocycles. The van der Waals surface area contributed by atoms with Crippen molar-refractivity contribution in [2.24, 2.45) is 0 Å². The maximum Gasteiger partial charge on any atom is 0.264 e. The van der Waals surface area contributed by atoms with Crippen LogP contribution in [0.3, 0.4) is 0 Å². The summed E-state index contributed by atoms with van der Waals surface area (Å²) >= 11 is 3.21. The number of hydrogen-bond acceptors (Lipinski definition) is 3. The minimum atomic E-state index is 0.249. The van der Waals surface area contributed by atoms with Gasteiger partial charge >= 0.3 is 0 Å². The fourth-order valence-corrected chi connectivity index (χ4v) is 1.78. The van der Waals surface area contributed by atoms with Crippen LogP contribution in [0.4, 0.5) is 0 Å². The zero-order chi connectivity index (χ0) is 10.8. The highest BCUT2D eigenvalue weighted by Gasteiger charge is 2.11. The standard InChI is InChI=1S/C11H10BrNO2/c1-2-9-10(13-11(12)15-9)7-3-5-8(14)6-4-7/h3-6,14H,2H2,1H3. The average molecular weight is 268 g/mol. The number of aromatic hydroxyl groups is 1. The van der Waals surface area contributed by atoms with E-state index in [2.05, 4.69) is 20.9 Å². The lowest BCUT2D eigenvalue weighted by Gasteiger charge is -1.98. The number of phenolic OH excluding ortho intramolecular Hbond substituents is 1. The van der Waals surface area contributed by atoms with E-state index >= 15 is 0 Å². The van der Waals surface area contributed by atoms with Gasteiger partial charge in [-0.15, -0.1) is 0 Å². The molecule has 1 aromatic heterocycles. The van der Waals surface area contributed by atoms with Gasteiger partial charge in [0.1, 0.15) is 17.2 Å². The quantitative estimate of drug-likeness (QED) is 0.908. The number of rotatable bonds is 2. The summed E-state index contributed by atoms with van der Waals surface area (Å²) in [5, 5.41) is 9.18. The number of benzene rings is 1. The van der Waals surface area contributed by atoms with Crippen molar-refractivity contribution in [1.82, 2.24) is 4.98 Å². The second-order valence-corrected chi connectivity index (χ2v) is 3.82. The summed E-state index contributed by atoms with van der Waals surface area (Å²) in [6, 6.07) is 6.91. The Morgan fingerprint density at radius 2 is 2.00 bits per heavy atom. The first-order valence-corrected chi connectivity index (χ1v) is 5.44. The number of nitrogens with zero attached hydrogens (tertiary/aromatic N) is 1. The number of phenols is 1. The molecule has 3 nitrogen and oxygen atoms in total. The fraction of sp³-hybridized carbons (Fsp3) is 0.182. The van der Waals surface area contributed by atoms with Crippen molar-refractivity contribution in [3.05, 3.63) is 34.8 Å². The normalized spacial score (nSPS) is 10.5. The lowest BCUT2D eigenvalue weighted by molar-refractivity contribution is 0.475. The molecule has 0 aliphatic rings. The van der Waals surface area contributed by atoms with Crippen molar-refractivity contribution in [2.75, 3.05) is 0 Å². The second-order valence-electron chi connectivity index (χ2n) is 3.14. The van der Waals surface area contributed by atoms with E-state index in [0.29, 0.717) is 4.80 Å². The Balaban J connectivity index is 2.48. The first-order valence-electron chi connectivity index (χ1n) is 4.65. The topological polar surface area (TPSA) is 46.3 Å². The van der Waals surface area contributed by atoms with Crippen LogP contribution in [0.1, 0.15) is 12.7 Å². The van der Waals surface area contributed by atoms with Crippen LogP contribution in [-0.4, -0.2) is 10.1 Å². The van der Waals surface area contributed by atoms with Crippen molar-refractivity contribution in [2.45, 2.75) is 13.3 Å². The van der Waals surface area contributed by atoms with E-state index in [1.54, 1.807) is 12.1 Å². The van der Waals surface area contributed by atoms with Gasteiger partial charge in [0.15, 0.2) is 0 Å². The lowest BCUT2D eigenvalue weighted by Crippen LogP contribution is -1.83. The van der Waals surface area contributed by atoms with Crippen LogP contribution >= 0.6 is 15.9 Å². The third-order valence-corrected chi connectivity index (χ3v) is 2.47. The Hall–Kier alpha value is -1.29. The minimum Gasteiger partial charge on any atom is -0.508 e. The number of aryl methyl sites for hydroxylation is 1. The Labute approximate surface area is 95.9 Å². The molecule has 1 aromatic carbocycles. The number of aromatic nitrogens is 1. The second kappa shape index (κ2) is 4.06. The number of halogens is 1. The fourth-order valence-electron chi connectivity index (χ4n) is 1.41. The summed E-state index contributed by atoms with van der Waals surface area (Å²) < 4.78 is 5.39. The Morgan fingerprint density at radius 3 is 2.60 bits per heavy atom. The molecular weight excluding hydrogens is 258 g/mol. The van der Waals surface area contributed by atoms with E-state index in [-0.39, 0.29) is 5.75 Å². The molecule has 0 radical (unpaired) electrons. The Bertz CT molecular complexity index is 462. The summed E-state index contributed by atoms with van der Waals surface area (Å²) in [6.45, 7) is 2.01. The van der Waals surface area contributed by atoms with Crippen LogP contribution < -0.4 is 0 Å². The predicted molar refractivity (Wildman–Crippen MR) is 60.7 cm³/mol. The molecule has 15 heavy (non-hydrogen) atoms. The van der Waals surface area contributed by atoms with Crippen LogP contribution in [0.2, 0.25) is 0 Å². The molecule has 1 N–H and O–H groups in total. The molecule has 0 bridgehead atoms. The molecule has 0 saturated carbocycles.